The Bertz CT molecular complexity index is 944. The first-order valence-corrected chi connectivity index (χ1v) is 9.61. The molecule has 5 heteroatoms. The molecule has 1 aliphatic rings. The van der Waals surface area contributed by atoms with E-state index < -0.39 is 0 Å². The maximum atomic E-state index is 13.5. The van der Waals surface area contributed by atoms with Crippen molar-refractivity contribution < 1.29 is 9.18 Å². The maximum Gasteiger partial charge on any atom is 0.227 e. The molecule has 142 valence electrons. The molecule has 1 unspecified atom stereocenters. The predicted octanol–water partition coefficient (Wildman–Crippen LogP) is 4.58. The van der Waals surface area contributed by atoms with Gasteiger partial charge in [0, 0.05) is 30.7 Å². The van der Waals surface area contributed by atoms with Crippen LogP contribution in [0.4, 0.5) is 4.39 Å². The van der Waals surface area contributed by atoms with Gasteiger partial charge in [-0.25, -0.2) is 4.39 Å². The number of nitrogens with zero attached hydrogens (tertiary/aromatic N) is 3. The van der Waals surface area contributed by atoms with Crippen LogP contribution >= 0.6 is 0 Å². The minimum atomic E-state index is -0.275. The summed E-state index contributed by atoms with van der Waals surface area (Å²) in [4.78, 5) is 23.5. The van der Waals surface area contributed by atoms with E-state index in [2.05, 4.69) is 9.97 Å². The summed E-state index contributed by atoms with van der Waals surface area (Å²) in [5.41, 5.74) is 3.43. The van der Waals surface area contributed by atoms with E-state index in [4.69, 9.17) is 0 Å². The molecule has 0 spiro atoms. The van der Waals surface area contributed by atoms with Gasteiger partial charge in [-0.2, -0.15) is 0 Å². The maximum absolute atomic E-state index is 13.5. The number of likely N-dealkylation sites (tertiary alicyclic amines) is 1. The fourth-order valence-corrected chi connectivity index (χ4v) is 3.78. The van der Waals surface area contributed by atoms with Crippen LogP contribution in [0, 0.1) is 5.82 Å². The van der Waals surface area contributed by atoms with Crippen molar-refractivity contribution in [2.75, 3.05) is 6.54 Å². The first kappa shape index (κ1) is 18.3. The number of carbonyl (C=O) groups excluding carboxylic acids is 1. The Balaban J connectivity index is 1.53. The number of carbonyl (C=O) groups is 1. The Morgan fingerprint density at radius 3 is 2.79 bits per heavy atom. The van der Waals surface area contributed by atoms with Gasteiger partial charge in [0.15, 0.2) is 0 Å². The topological polar surface area (TPSA) is 46.1 Å². The first-order chi connectivity index (χ1) is 13.7. The number of benzene rings is 1. The summed E-state index contributed by atoms with van der Waals surface area (Å²) >= 11 is 0. The monoisotopic (exact) mass is 375 g/mol. The van der Waals surface area contributed by atoms with Gasteiger partial charge in [0.1, 0.15) is 5.82 Å². The van der Waals surface area contributed by atoms with Gasteiger partial charge in [-0.15, -0.1) is 0 Å². The van der Waals surface area contributed by atoms with E-state index in [9.17, 15) is 9.18 Å². The average molecular weight is 375 g/mol. The van der Waals surface area contributed by atoms with E-state index in [1.54, 1.807) is 18.5 Å². The van der Waals surface area contributed by atoms with E-state index in [0.717, 1.165) is 48.2 Å². The van der Waals surface area contributed by atoms with E-state index in [1.807, 2.05) is 41.4 Å². The highest BCUT2D eigenvalue weighted by molar-refractivity contribution is 5.79. The number of pyridine rings is 2. The molecule has 0 N–H and O–H groups in total. The minimum Gasteiger partial charge on any atom is -0.335 e. The van der Waals surface area contributed by atoms with Gasteiger partial charge in [0.2, 0.25) is 5.91 Å². The molecule has 0 aliphatic carbocycles. The van der Waals surface area contributed by atoms with Crippen molar-refractivity contribution in [3.05, 3.63) is 84.1 Å². The molecule has 1 saturated heterocycles. The number of hydrogen-bond donors (Lipinski definition) is 0. The van der Waals surface area contributed by atoms with Crippen LogP contribution in [-0.4, -0.2) is 27.3 Å². The molecule has 28 heavy (non-hydrogen) atoms. The lowest BCUT2D eigenvalue weighted by Crippen LogP contribution is -2.39. The Morgan fingerprint density at radius 2 is 2.04 bits per heavy atom. The van der Waals surface area contributed by atoms with Crippen LogP contribution in [0.3, 0.4) is 0 Å². The molecule has 1 aromatic carbocycles. The molecule has 1 atom stereocenters. The Hall–Kier alpha value is -3.08. The van der Waals surface area contributed by atoms with Crippen LogP contribution in [0.5, 0.6) is 0 Å². The Labute approximate surface area is 164 Å². The summed E-state index contributed by atoms with van der Waals surface area (Å²) in [6, 6.07) is 14.2. The summed E-state index contributed by atoms with van der Waals surface area (Å²) in [5, 5.41) is 0. The third-order valence-electron chi connectivity index (χ3n) is 5.19. The van der Waals surface area contributed by atoms with Crippen LogP contribution in [0.15, 0.2) is 67.1 Å². The standard InChI is InChI=1S/C23H22FN3O/c24-20-7-3-6-18(14-20)21-10-9-19(16-26-21)22-8-1-2-12-27(22)23(28)13-17-5-4-11-25-15-17/h3-7,9-11,14-16,22H,1-2,8,12-13H2. The lowest BCUT2D eigenvalue weighted by atomic mass is 9.95. The molecule has 3 aromatic rings. The smallest absolute Gasteiger partial charge is 0.227 e. The van der Waals surface area contributed by atoms with E-state index in [0.29, 0.717) is 6.42 Å². The van der Waals surface area contributed by atoms with Gasteiger partial charge >= 0.3 is 0 Å². The molecule has 0 saturated carbocycles. The van der Waals surface area contributed by atoms with E-state index in [-0.39, 0.29) is 17.8 Å². The predicted molar refractivity (Wildman–Crippen MR) is 106 cm³/mol. The van der Waals surface area contributed by atoms with Crippen molar-refractivity contribution in [1.29, 1.82) is 0 Å². The van der Waals surface area contributed by atoms with Crippen molar-refractivity contribution in [2.24, 2.45) is 0 Å². The summed E-state index contributed by atoms with van der Waals surface area (Å²) in [7, 11) is 0. The second-order valence-electron chi connectivity index (χ2n) is 7.12. The van der Waals surface area contributed by atoms with Gasteiger partial charge in [-0.05, 0) is 54.7 Å². The fraction of sp³-hybridized carbons (Fsp3) is 0.261. The van der Waals surface area contributed by atoms with Crippen LogP contribution < -0.4 is 0 Å². The van der Waals surface area contributed by atoms with Crippen LogP contribution in [0.1, 0.15) is 36.4 Å². The second-order valence-corrected chi connectivity index (χ2v) is 7.12. The van der Waals surface area contributed by atoms with Crippen LogP contribution in [0.25, 0.3) is 11.3 Å². The summed E-state index contributed by atoms with van der Waals surface area (Å²) in [6.07, 6.45) is 8.67. The molecule has 3 heterocycles. The third kappa shape index (κ3) is 4.09. The average Bonchev–Trinajstić information content (AvgIpc) is 2.74. The minimum absolute atomic E-state index is 0.0342. The number of halogens is 1. The molecule has 4 nitrogen and oxygen atoms in total. The van der Waals surface area contributed by atoms with Crippen LogP contribution in [-0.2, 0) is 11.2 Å². The van der Waals surface area contributed by atoms with Gasteiger partial charge in [-0.1, -0.05) is 24.3 Å². The zero-order chi connectivity index (χ0) is 19.3. The zero-order valence-electron chi connectivity index (χ0n) is 15.6. The van der Waals surface area contributed by atoms with Crippen molar-refractivity contribution >= 4 is 5.91 Å². The zero-order valence-corrected chi connectivity index (χ0v) is 15.6. The van der Waals surface area contributed by atoms with Gasteiger partial charge in [-0.3, -0.25) is 14.8 Å². The van der Waals surface area contributed by atoms with Crippen molar-refractivity contribution in [3.8, 4) is 11.3 Å². The number of piperidine rings is 1. The Morgan fingerprint density at radius 1 is 1.11 bits per heavy atom. The van der Waals surface area contributed by atoms with Gasteiger partial charge < -0.3 is 4.90 Å². The molecular formula is C23H22FN3O. The summed E-state index contributed by atoms with van der Waals surface area (Å²) < 4.78 is 13.5. The molecule has 2 aromatic heterocycles. The summed E-state index contributed by atoms with van der Waals surface area (Å²) in [6.45, 7) is 0.759. The number of amides is 1. The molecule has 1 aliphatic heterocycles. The van der Waals surface area contributed by atoms with Crippen LogP contribution in [0.2, 0.25) is 0 Å². The van der Waals surface area contributed by atoms with Crippen molar-refractivity contribution in [1.82, 2.24) is 14.9 Å². The molecule has 0 bridgehead atoms. The van der Waals surface area contributed by atoms with E-state index in [1.165, 1.54) is 12.1 Å². The highest BCUT2D eigenvalue weighted by Crippen LogP contribution is 2.32. The van der Waals surface area contributed by atoms with E-state index >= 15 is 0 Å². The quantitative estimate of drug-likeness (QED) is 0.671. The number of rotatable bonds is 4. The highest BCUT2D eigenvalue weighted by atomic mass is 19.1. The molecular weight excluding hydrogens is 353 g/mol. The van der Waals surface area contributed by atoms with Gasteiger partial charge in [0.05, 0.1) is 18.2 Å². The second kappa shape index (κ2) is 8.30. The van der Waals surface area contributed by atoms with Gasteiger partial charge in [0.25, 0.3) is 0 Å². The molecule has 1 fully saturated rings. The van der Waals surface area contributed by atoms with Crippen molar-refractivity contribution in [2.45, 2.75) is 31.7 Å². The lowest BCUT2D eigenvalue weighted by molar-refractivity contribution is -0.134. The number of hydrogen-bond acceptors (Lipinski definition) is 3. The van der Waals surface area contributed by atoms with Crippen molar-refractivity contribution in [3.63, 3.8) is 0 Å². The fourth-order valence-electron chi connectivity index (χ4n) is 3.78. The SMILES string of the molecule is O=C(Cc1cccnc1)N1CCCCC1c1ccc(-c2cccc(F)c2)nc1. The Kier molecular flexibility index (Phi) is 5.42. The summed E-state index contributed by atoms with van der Waals surface area (Å²) in [5.74, 6) is -0.158. The number of aromatic nitrogens is 2. The normalized spacial score (nSPS) is 16.8. The third-order valence-corrected chi connectivity index (χ3v) is 5.19. The highest BCUT2D eigenvalue weighted by Gasteiger charge is 2.28. The first-order valence-electron chi connectivity index (χ1n) is 9.61. The lowest BCUT2D eigenvalue weighted by Gasteiger charge is -2.36. The molecule has 0 radical (unpaired) electrons. The largest absolute Gasteiger partial charge is 0.335 e. The molecule has 4 rings (SSSR count). The molecule has 1 amide bonds.